The molecule has 1 aliphatic heterocycles. The summed E-state index contributed by atoms with van der Waals surface area (Å²) in [5, 5.41) is 2.57. The van der Waals surface area contributed by atoms with Crippen molar-refractivity contribution in [3.8, 4) is 0 Å². The Morgan fingerprint density at radius 1 is 1.27 bits per heavy atom. The van der Waals surface area contributed by atoms with E-state index in [4.69, 9.17) is 5.73 Å². The third-order valence-electron chi connectivity index (χ3n) is 4.03. The van der Waals surface area contributed by atoms with Crippen molar-refractivity contribution in [2.45, 2.75) is 32.7 Å². The highest BCUT2D eigenvalue weighted by molar-refractivity contribution is 5.99. The van der Waals surface area contributed by atoms with Crippen LogP contribution in [-0.2, 0) is 9.59 Å². The highest BCUT2D eigenvalue weighted by Gasteiger charge is 2.30. The molecular weight excluding hydrogens is 284 g/mol. The molecule has 0 aliphatic carbocycles. The number of hydrogen-bond donors (Lipinski definition) is 2. The summed E-state index contributed by atoms with van der Waals surface area (Å²) in [5.41, 5.74) is 7.33. The highest BCUT2D eigenvalue weighted by atomic mass is 16.2. The van der Waals surface area contributed by atoms with E-state index in [1.54, 1.807) is 19.1 Å². The molecule has 2 aromatic rings. The van der Waals surface area contributed by atoms with E-state index < -0.39 is 11.9 Å². The molecule has 3 rings (SSSR count). The Morgan fingerprint density at radius 2 is 2.00 bits per heavy atom. The number of piperidine rings is 1. The molecular formula is C15H16N4O3. The summed E-state index contributed by atoms with van der Waals surface area (Å²) in [7, 11) is 0. The zero-order valence-electron chi connectivity index (χ0n) is 12.3. The van der Waals surface area contributed by atoms with Gasteiger partial charge in [-0.15, -0.1) is 0 Å². The van der Waals surface area contributed by atoms with Crippen molar-refractivity contribution in [2.24, 2.45) is 0 Å². The molecule has 22 heavy (non-hydrogen) atoms. The molecule has 1 aliphatic rings. The van der Waals surface area contributed by atoms with Crippen molar-refractivity contribution in [3.63, 3.8) is 0 Å². The van der Waals surface area contributed by atoms with Crippen LogP contribution in [0, 0.1) is 13.8 Å². The average molecular weight is 300 g/mol. The molecule has 0 saturated carbocycles. The van der Waals surface area contributed by atoms with Crippen molar-refractivity contribution >= 4 is 28.4 Å². The first-order valence-electron chi connectivity index (χ1n) is 7.01. The molecule has 7 nitrogen and oxygen atoms in total. The number of fused-ring (bicyclic) bond motifs is 1. The van der Waals surface area contributed by atoms with Gasteiger partial charge in [0.2, 0.25) is 11.8 Å². The third kappa shape index (κ3) is 2.05. The van der Waals surface area contributed by atoms with E-state index in [9.17, 15) is 14.4 Å². The number of amides is 2. The topological polar surface area (TPSA) is 107 Å². The molecule has 1 atom stereocenters. The molecule has 1 fully saturated rings. The van der Waals surface area contributed by atoms with Crippen LogP contribution >= 0.6 is 0 Å². The Morgan fingerprint density at radius 3 is 2.68 bits per heavy atom. The SMILES string of the molecule is Cc1ccc2nc(C)n(C3CCC(=O)NC3=O)c(=O)c2c1N. The molecule has 0 bridgehead atoms. The second kappa shape index (κ2) is 4.94. The molecule has 2 amide bonds. The van der Waals surface area contributed by atoms with Gasteiger partial charge >= 0.3 is 0 Å². The number of nitrogen functional groups attached to an aromatic ring is 1. The second-order valence-corrected chi connectivity index (χ2v) is 5.49. The number of nitrogens with zero attached hydrogens (tertiary/aromatic N) is 2. The summed E-state index contributed by atoms with van der Waals surface area (Å²) in [4.78, 5) is 40.5. The Balaban J connectivity index is 2.26. The highest BCUT2D eigenvalue weighted by Crippen LogP contribution is 2.23. The van der Waals surface area contributed by atoms with Gasteiger partial charge in [-0.05, 0) is 31.9 Å². The Labute approximate surface area is 126 Å². The van der Waals surface area contributed by atoms with Crippen LogP contribution < -0.4 is 16.6 Å². The summed E-state index contributed by atoms with van der Waals surface area (Å²) in [6.45, 7) is 3.48. The van der Waals surface area contributed by atoms with Gasteiger partial charge in [-0.3, -0.25) is 24.3 Å². The van der Waals surface area contributed by atoms with Gasteiger partial charge in [0.25, 0.3) is 5.56 Å². The maximum Gasteiger partial charge on any atom is 0.264 e. The number of hydrogen-bond acceptors (Lipinski definition) is 5. The van der Waals surface area contributed by atoms with E-state index in [0.29, 0.717) is 22.4 Å². The van der Waals surface area contributed by atoms with Gasteiger partial charge in [0.15, 0.2) is 0 Å². The molecule has 114 valence electrons. The Hall–Kier alpha value is -2.70. The van der Waals surface area contributed by atoms with E-state index in [1.807, 2.05) is 6.92 Å². The zero-order valence-corrected chi connectivity index (χ0v) is 12.3. The average Bonchev–Trinajstić information content (AvgIpc) is 2.45. The first-order chi connectivity index (χ1) is 10.4. The van der Waals surface area contributed by atoms with Crippen LogP contribution in [0.15, 0.2) is 16.9 Å². The first-order valence-corrected chi connectivity index (χ1v) is 7.01. The first kappa shape index (κ1) is 14.2. The van der Waals surface area contributed by atoms with Crippen molar-refractivity contribution in [2.75, 3.05) is 5.73 Å². The molecule has 3 N–H and O–H groups in total. The van der Waals surface area contributed by atoms with Crippen LogP contribution in [0.2, 0.25) is 0 Å². The normalized spacial score (nSPS) is 18.5. The van der Waals surface area contributed by atoms with Gasteiger partial charge in [-0.1, -0.05) is 6.07 Å². The number of rotatable bonds is 1. The summed E-state index contributed by atoms with van der Waals surface area (Å²) in [6.07, 6.45) is 0.480. The number of aromatic nitrogens is 2. The number of imide groups is 1. The van der Waals surface area contributed by atoms with Gasteiger partial charge in [-0.2, -0.15) is 0 Å². The lowest BCUT2D eigenvalue weighted by molar-refractivity contribution is -0.135. The quantitative estimate of drug-likeness (QED) is 0.591. The van der Waals surface area contributed by atoms with Gasteiger partial charge in [0.05, 0.1) is 10.9 Å². The lowest BCUT2D eigenvalue weighted by Crippen LogP contribution is -2.45. The third-order valence-corrected chi connectivity index (χ3v) is 4.03. The summed E-state index contributed by atoms with van der Waals surface area (Å²) in [6, 6.07) is 2.81. The minimum atomic E-state index is -0.734. The standard InChI is InChI=1S/C15H16N4O3/c1-7-3-4-9-12(13(7)16)15(22)19(8(2)17-9)10-5-6-11(20)18-14(10)21/h3-4,10H,5-6,16H2,1-2H3,(H,18,20,21). The monoisotopic (exact) mass is 300 g/mol. The zero-order chi connectivity index (χ0) is 16.0. The van der Waals surface area contributed by atoms with Crippen LogP contribution in [0.5, 0.6) is 0 Å². The van der Waals surface area contributed by atoms with Crippen LogP contribution in [0.3, 0.4) is 0 Å². The molecule has 1 aromatic carbocycles. The predicted octanol–water partition coefficient (Wildman–Crippen LogP) is 0.573. The number of anilines is 1. The fourth-order valence-electron chi connectivity index (χ4n) is 2.82. The van der Waals surface area contributed by atoms with Crippen molar-refractivity contribution in [3.05, 3.63) is 33.9 Å². The minimum Gasteiger partial charge on any atom is -0.398 e. The summed E-state index contributed by atoms with van der Waals surface area (Å²) < 4.78 is 1.33. The van der Waals surface area contributed by atoms with Crippen LogP contribution in [0.25, 0.3) is 10.9 Å². The van der Waals surface area contributed by atoms with E-state index in [2.05, 4.69) is 10.3 Å². The number of benzene rings is 1. The Bertz CT molecular complexity index is 869. The lowest BCUT2D eigenvalue weighted by Gasteiger charge is -2.24. The number of carbonyl (C=O) groups excluding carboxylic acids is 2. The van der Waals surface area contributed by atoms with E-state index >= 15 is 0 Å². The number of nitrogens with two attached hydrogens (primary N) is 1. The smallest absolute Gasteiger partial charge is 0.264 e. The van der Waals surface area contributed by atoms with Crippen molar-refractivity contribution in [1.82, 2.24) is 14.9 Å². The van der Waals surface area contributed by atoms with Crippen molar-refractivity contribution in [1.29, 1.82) is 0 Å². The van der Waals surface area contributed by atoms with Gasteiger partial charge in [-0.25, -0.2) is 4.98 Å². The lowest BCUT2D eigenvalue weighted by atomic mass is 10.0. The fourth-order valence-corrected chi connectivity index (χ4v) is 2.82. The maximum atomic E-state index is 12.8. The van der Waals surface area contributed by atoms with Gasteiger partial charge in [0, 0.05) is 12.1 Å². The molecule has 0 radical (unpaired) electrons. The van der Waals surface area contributed by atoms with Crippen LogP contribution in [-0.4, -0.2) is 21.4 Å². The Kier molecular flexibility index (Phi) is 3.20. The van der Waals surface area contributed by atoms with Gasteiger partial charge < -0.3 is 5.73 Å². The van der Waals surface area contributed by atoms with E-state index in [0.717, 1.165) is 5.56 Å². The van der Waals surface area contributed by atoms with Gasteiger partial charge in [0.1, 0.15) is 11.9 Å². The van der Waals surface area contributed by atoms with Crippen LogP contribution in [0.1, 0.15) is 30.3 Å². The number of aryl methyl sites for hydroxylation is 2. The summed E-state index contributed by atoms with van der Waals surface area (Å²) >= 11 is 0. The molecule has 1 unspecified atom stereocenters. The molecule has 0 spiro atoms. The predicted molar refractivity (Wildman–Crippen MR) is 81.3 cm³/mol. The fraction of sp³-hybridized carbons (Fsp3) is 0.333. The molecule has 1 aromatic heterocycles. The summed E-state index contributed by atoms with van der Waals surface area (Å²) in [5.74, 6) is -0.375. The van der Waals surface area contributed by atoms with E-state index in [1.165, 1.54) is 4.57 Å². The largest absolute Gasteiger partial charge is 0.398 e. The molecule has 1 saturated heterocycles. The number of carbonyl (C=O) groups is 2. The van der Waals surface area contributed by atoms with Crippen molar-refractivity contribution < 1.29 is 9.59 Å². The van der Waals surface area contributed by atoms with Crippen LogP contribution in [0.4, 0.5) is 5.69 Å². The minimum absolute atomic E-state index is 0.198. The maximum absolute atomic E-state index is 12.8. The molecule has 2 heterocycles. The second-order valence-electron chi connectivity index (χ2n) is 5.49. The van der Waals surface area contributed by atoms with E-state index in [-0.39, 0.29) is 24.3 Å². The number of nitrogens with one attached hydrogen (secondary N) is 1. The molecule has 7 heteroatoms.